The molecule has 0 radical (unpaired) electrons. The normalized spacial score (nSPS) is 13.7. The molecule has 0 spiro atoms. The van der Waals surface area contributed by atoms with E-state index in [2.05, 4.69) is 25.6 Å². The molecule has 9 nitrogen and oxygen atoms in total. The molecule has 5 rings (SSSR count). The van der Waals surface area contributed by atoms with Crippen LogP contribution < -0.4 is 10.6 Å². The topological polar surface area (TPSA) is 117 Å². The number of anilines is 3. The van der Waals surface area contributed by atoms with Crippen molar-refractivity contribution >= 4 is 44.0 Å². The van der Waals surface area contributed by atoms with E-state index in [0.717, 1.165) is 43.3 Å². The summed E-state index contributed by atoms with van der Waals surface area (Å²) >= 11 is 0. The van der Waals surface area contributed by atoms with E-state index in [-0.39, 0.29) is 10.9 Å². The summed E-state index contributed by atoms with van der Waals surface area (Å²) in [6, 6.07) is 12.6. The predicted molar refractivity (Wildman–Crippen MR) is 135 cm³/mol. The Morgan fingerprint density at radius 3 is 2.43 bits per heavy atom. The third-order valence-electron chi connectivity index (χ3n) is 5.87. The van der Waals surface area contributed by atoms with E-state index in [0.29, 0.717) is 28.1 Å². The smallest absolute Gasteiger partial charge is 0.321 e. The van der Waals surface area contributed by atoms with Gasteiger partial charge in [-0.3, -0.25) is 15.0 Å². The Morgan fingerprint density at radius 1 is 0.943 bits per heavy atom. The van der Waals surface area contributed by atoms with Gasteiger partial charge in [0.1, 0.15) is 0 Å². The van der Waals surface area contributed by atoms with E-state index in [1.165, 1.54) is 18.5 Å². The summed E-state index contributed by atoms with van der Waals surface area (Å²) in [6.45, 7) is 1.57. The molecule has 4 aromatic rings. The van der Waals surface area contributed by atoms with Crippen LogP contribution in [0.3, 0.4) is 0 Å². The molecule has 2 amide bonds. The summed E-state index contributed by atoms with van der Waals surface area (Å²) in [4.78, 5) is 27.4. The monoisotopic (exact) mass is 488 g/mol. The van der Waals surface area contributed by atoms with Gasteiger partial charge in [-0.2, -0.15) is 0 Å². The van der Waals surface area contributed by atoms with Crippen LogP contribution in [-0.4, -0.2) is 53.6 Å². The second-order valence-corrected chi connectivity index (χ2v) is 10.4. The van der Waals surface area contributed by atoms with Gasteiger partial charge in [0.15, 0.2) is 9.84 Å². The van der Waals surface area contributed by atoms with Crippen LogP contribution in [0.4, 0.5) is 21.9 Å². The standard InChI is InChI=1S/C25H24N6O3S/c1-35(33,34)23-8-9-26-16-22(23)29-19-14-20(24-21(15-19)27-10-11-28-24)17-4-6-18(7-5-17)30-25(32)31-12-2-3-13-31/h4-11,14-16,29H,2-3,12-13H2,1H3,(H,30,32). The highest BCUT2D eigenvalue weighted by atomic mass is 32.2. The fraction of sp³-hybridized carbons (Fsp3) is 0.200. The maximum Gasteiger partial charge on any atom is 0.321 e. The maximum atomic E-state index is 12.4. The Kier molecular flexibility index (Phi) is 6.04. The summed E-state index contributed by atoms with van der Waals surface area (Å²) in [7, 11) is -3.45. The van der Waals surface area contributed by atoms with Crippen LogP contribution in [0.5, 0.6) is 0 Å². The van der Waals surface area contributed by atoms with Gasteiger partial charge < -0.3 is 15.5 Å². The number of likely N-dealkylation sites (tertiary alicyclic amines) is 1. The minimum atomic E-state index is -3.45. The van der Waals surface area contributed by atoms with Crippen LogP contribution in [0.25, 0.3) is 22.2 Å². The van der Waals surface area contributed by atoms with Crippen LogP contribution in [-0.2, 0) is 9.84 Å². The number of rotatable bonds is 5. The lowest BCUT2D eigenvalue weighted by molar-refractivity contribution is 0.222. The number of nitrogens with zero attached hydrogens (tertiary/aromatic N) is 4. The third kappa shape index (κ3) is 4.92. The molecule has 35 heavy (non-hydrogen) atoms. The number of carbonyl (C=O) groups excluding carboxylic acids is 1. The first kappa shape index (κ1) is 22.7. The SMILES string of the molecule is CS(=O)(=O)c1ccncc1Nc1cc(-c2ccc(NC(=O)N3CCCC3)cc2)c2nccnc2c1. The van der Waals surface area contributed by atoms with Gasteiger partial charge in [0.25, 0.3) is 0 Å². The maximum absolute atomic E-state index is 12.4. The minimum Gasteiger partial charge on any atom is -0.353 e. The molecule has 1 fully saturated rings. The van der Waals surface area contributed by atoms with Gasteiger partial charge in [0.05, 0.1) is 27.8 Å². The number of amides is 2. The molecule has 178 valence electrons. The van der Waals surface area contributed by atoms with Gasteiger partial charge >= 0.3 is 6.03 Å². The van der Waals surface area contributed by atoms with Crippen LogP contribution in [0.1, 0.15) is 12.8 Å². The molecule has 1 saturated heterocycles. The van der Waals surface area contributed by atoms with Crippen molar-refractivity contribution in [3.8, 4) is 11.1 Å². The van der Waals surface area contributed by atoms with Gasteiger partial charge in [-0.05, 0) is 48.7 Å². The molecule has 2 aromatic carbocycles. The predicted octanol–water partition coefficient (Wildman–Crippen LogP) is 4.47. The van der Waals surface area contributed by atoms with Crippen molar-refractivity contribution in [3.05, 3.63) is 67.3 Å². The van der Waals surface area contributed by atoms with Crippen LogP contribution in [0.2, 0.25) is 0 Å². The van der Waals surface area contributed by atoms with E-state index in [1.54, 1.807) is 12.4 Å². The van der Waals surface area contributed by atoms with Crippen molar-refractivity contribution in [2.24, 2.45) is 0 Å². The molecule has 0 bridgehead atoms. The second-order valence-electron chi connectivity index (χ2n) is 8.42. The van der Waals surface area contributed by atoms with E-state index in [9.17, 15) is 13.2 Å². The van der Waals surface area contributed by atoms with Crippen molar-refractivity contribution in [1.82, 2.24) is 19.9 Å². The number of benzene rings is 2. The van der Waals surface area contributed by atoms with E-state index >= 15 is 0 Å². The van der Waals surface area contributed by atoms with Gasteiger partial charge in [-0.25, -0.2) is 13.2 Å². The Hall–Kier alpha value is -4.05. The van der Waals surface area contributed by atoms with Gasteiger partial charge in [-0.1, -0.05) is 12.1 Å². The molecule has 0 saturated carbocycles. The van der Waals surface area contributed by atoms with E-state index in [1.807, 2.05) is 41.3 Å². The first-order valence-corrected chi connectivity index (χ1v) is 13.1. The molecule has 0 atom stereocenters. The number of hydrogen-bond donors (Lipinski definition) is 2. The summed E-state index contributed by atoms with van der Waals surface area (Å²) in [5.41, 5.74) is 4.81. The largest absolute Gasteiger partial charge is 0.353 e. The van der Waals surface area contributed by atoms with Crippen molar-refractivity contribution in [2.75, 3.05) is 30.0 Å². The third-order valence-corrected chi connectivity index (χ3v) is 7.03. The molecule has 3 heterocycles. The fourth-order valence-electron chi connectivity index (χ4n) is 4.18. The van der Waals surface area contributed by atoms with Crippen molar-refractivity contribution in [3.63, 3.8) is 0 Å². The fourth-order valence-corrected chi connectivity index (χ4v) is 4.99. The van der Waals surface area contributed by atoms with Crippen molar-refractivity contribution in [1.29, 1.82) is 0 Å². The molecule has 0 aliphatic carbocycles. The van der Waals surface area contributed by atoms with Gasteiger partial charge in [0.2, 0.25) is 0 Å². The first-order valence-electron chi connectivity index (χ1n) is 11.2. The molecule has 0 unspecified atom stereocenters. The number of fused-ring (bicyclic) bond motifs is 1. The number of aromatic nitrogens is 3. The summed E-state index contributed by atoms with van der Waals surface area (Å²) in [5.74, 6) is 0. The zero-order chi connectivity index (χ0) is 24.4. The Balaban J connectivity index is 1.48. The minimum absolute atomic E-state index is 0.0871. The lowest BCUT2D eigenvalue weighted by Crippen LogP contribution is -2.32. The average Bonchev–Trinajstić information content (AvgIpc) is 3.39. The lowest BCUT2D eigenvalue weighted by Gasteiger charge is -2.16. The molecule has 1 aliphatic heterocycles. The number of pyridine rings is 1. The second kappa shape index (κ2) is 9.30. The Labute approximate surface area is 203 Å². The van der Waals surface area contributed by atoms with E-state index < -0.39 is 9.84 Å². The molecular formula is C25H24N6O3S. The average molecular weight is 489 g/mol. The number of carbonyl (C=O) groups is 1. The Morgan fingerprint density at radius 2 is 1.69 bits per heavy atom. The number of hydrogen-bond acceptors (Lipinski definition) is 7. The van der Waals surface area contributed by atoms with Crippen molar-refractivity contribution < 1.29 is 13.2 Å². The number of sulfone groups is 1. The zero-order valence-corrected chi connectivity index (χ0v) is 19.9. The highest BCUT2D eigenvalue weighted by molar-refractivity contribution is 7.90. The van der Waals surface area contributed by atoms with Crippen LogP contribution in [0, 0.1) is 0 Å². The van der Waals surface area contributed by atoms with Crippen molar-refractivity contribution in [2.45, 2.75) is 17.7 Å². The van der Waals surface area contributed by atoms with Crippen LogP contribution >= 0.6 is 0 Å². The molecule has 2 N–H and O–H groups in total. The van der Waals surface area contributed by atoms with Gasteiger partial charge in [0, 0.05) is 54.9 Å². The first-order chi connectivity index (χ1) is 16.9. The molecule has 1 aliphatic rings. The number of urea groups is 1. The van der Waals surface area contributed by atoms with Gasteiger partial charge in [-0.15, -0.1) is 0 Å². The Bertz CT molecular complexity index is 1500. The summed E-state index contributed by atoms with van der Waals surface area (Å²) in [5, 5.41) is 6.13. The van der Waals surface area contributed by atoms with Crippen LogP contribution in [0.15, 0.2) is 72.1 Å². The zero-order valence-electron chi connectivity index (χ0n) is 19.1. The quantitative estimate of drug-likeness (QED) is 0.426. The molecular weight excluding hydrogens is 464 g/mol. The lowest BCUT2D eigenvalue weighted by atomic mass is 10.0. The highest BCUT2D eigenvalue weighted by Gasteiger charge is 2.18. The van der Waals surface area contributed by atoms with E-state index in [4.69, 9.17) is 0 Å². The highest BCUT2D eigenvalue weighted by Crippen LogP contribution is 2.33. The summed E-state index contributed by atoms with van der Waals surface area (Å²) in [6.07, 6.45) is 9.41. The number of nitrogens with one attached hydrogen (secondary N) is 2. The molecule has 10 heteroatoms. The summed E-state index contributed by atoms with van der Waals surface area (Å²) < 4.78 is 24.4. The molecule has 2 aromatic heterocycles.